The highest BCUT2D eigenvalue weighted by molar-refractivity contribution is 5.66. The second-order valence-electron chi connectivity index (χ2n) is 6.66. The first kappa shape index (κ1) is 18.6. The van der Waals surface area contributed by atoms with Gasteiger partial charge in [0, 0.05) is 35.6 Å². The fraction of sp³-hybridized carbons (Fsp3) is 0.316. The quantitative estimate of drug-likeness (QED) is 0.870. The van der Waals surface area contributed by atoms with E-state index in [1.165, 1.54) is 4.90 Å². The zero-order valence-electron chi connectivity index (χ0n) is 14.7. The lowest BCUT2D eigenvalue weighted by Crippen LogP contribution is -2.44. The van der Waals surface area contributed by atoms with E-state index in [9.17, 15) is 15.0 Å². The van der Waals surface area contributed by atoms with Crippen LogP contribution in [0, 0.1) is 0 Å². The molecular formula is C19H23N3O3. The number of aliphatic hydroxyl groups is 1. The van der Waals surface area contributed by atoms with E-state index in [-0.39, 0.29) is 6.61 Å². The fourth-order valence-corrected chi connectivity index (χ4v) is 2.32. The van der Waals surface area contributed by atoms with Crippen LogP contribution >= 0.6 is 0 Å². The lowest BCUT2D eigenvalue weighted by Gasteiger charge is -2.32. The predicted molar refractivity (Wildman–Crippen MR) is 96.9 cm³/mol. The van der Waals surface area contributed by atoms with Gasteiger partial charge in [-0.3, -0.25) is 4.90 Å². The highest BCUT2D eigenvalue weighted by Crippen LogP contribution is 2.17. The van der Waals surface area contributed by atoms with Gasteiger partial charge in [0.05, 0.1) is 6.61 Å². The largest absolute Gasteiger partial charge is 0.465 e. The number of hydrogen-bond acceptors (Lipinski definition) is 4. The molecule has 1 aromatic heterocycles. The van der Waals surface area contributed by atoms with Crippen molar-refractivity contribution in [1.82, 2.24) is 14.9 Å². The molecule has 132 valence electrons. The number of carboxylic acid groups (broad SMARTS) is 1. The molecule has 0 aliphatic heterocycles. The number of aromatic nitrogens is 2. The van der Waals surface area contributed by atoms with E-state index in [1.807, 2.05) is 45.0 Å². The molecule has 2 rings (SSSR count). The molecule has 0 fully saturated rings. The van der Waals surface area contributed by atoms with Gasteiger partial charge in [0.2, 0.25) is 0 Å². The third kappa shape index (κ3) is 5.12. The standard InChI is InChI=1S/C19H23N3O3/c1-19(2,3)22(18(24)25)9-5-7-15-11-20-17(21-12-15)16-8-4-6-14(10-16)13-23/h4-8,10-12,23H,9,13H2,1-3H3,(H,24,25). The highest BCUT2D eigenvalue weighted by atomic mass is 16.4. The third-order valence-electron chi connectivity index (χ3n) is 3.68. The zero-order chi connectivity index (χ0) is 18.4. The molecule has 0 spiro atoms. The summed E-state index contributed by atoms with van der Waals surface area (Å²) < 4.78 is 0. The molecule has 2 aromatic rings. The Morgan fingerprint density at radius 2 is 1.92 bits per heavy atom. The summed E-state index contributed by atoms with van der Waals surface area (Å²) in [7, 11) is 0. The van der Waals surface area contributed by atoms with Gasteiger partial charge in [-0.15, -0.1) is 0 Å². The van der Waals surface area contributed by atoms with Gasteiger partial charge in [0.15, 0.2) is 5.82 Å². The van der Waals surface area contributed by atoms with Crippen molar-refractivity contribution in [3.63, 3.8) is 0 Å². The SMILES string of the molecule is CC(C)(C)N(CC=Cc1cnc(-c2cccc(CO)c2)nc1)C(=O)O. The first-order valence-electron chi connectivity index (χ1n) is 8.00. The third-order valence-corrected chi connectivity index (χ3v) is 3.68. The minimum atomic E-state index is -0.951. The summed E-state index contributed by atoms with van der Waals surface area (Å²) in [6.45, 7) is 5.83. The maximum Gasteiger partial charge on any atom is 0.408 e. The van der Waals surface area contributed by atoms with Gasteiger partial charge in [-0.2, -0.15) is 0 Å². The molecule has 0 saturated carbocycles. The van der Waals surface area contributed by atoms with Crippen LogP contribution in [-0.2, 0) is 6.61 Å². The zero-order valence-corrected chi connectivity index (χ0v) is 14.7. The van der Waals surface area contributed by atoms with Crippen molar-refractivity contribution in [2.75, 3.05) is 6.54 Å². The Labute approximate surface area is 147 Å². The molecule has 0 aliphatic carbocycles. The predicted octanol–water partition coefficient (Wildman–Crippen LogP) is 3.43. The van der Waals surface area contributed by atoms with Gasteiger partial charge in [0.1, 0.15) is 0 Å². The van der Waals surface area contributed by atoms with Crippen LogP contribution in [0.15, 0.2) is 42.7 Å². The highest BCUT2D eigenvalue weighted by Gasteiger charge is 2.24. The van der Waals surface area contributed by atoms with E-state index in [4.69, 9.17) is 0 Å². The van der Waals surface area contributed by atoms with E-state index in [0.29, 0.717) is 12.4 Å². The normalized spacial score (nSPS) is 11.7. The maximum absolute atomic E-state index is 11.3. The van der Waals surface area contributed by atoms with Gasteiger partial charge in [0.25, 0.3) is 0 Å². The Bertz CT molecular complexity index is 749. The average Bonchev–Trinajstić information content (AvgIpc) is 2.58. The van der Waals surface area contributed by atoms with Crippen LogP contribution in [0.25, 0.3) is 17.5 Å². The molecule has 1 heterocycles. The first-order valence-corrected chi connectivity index (χ1v) is 8.00. The van der Waals surface area contributed by atoms with Crippen molar-refractivity contribution in [3.05, 3.63) is 53.9 Å². The van der Waals surface area contributed by atoms with Crippen molar-refractivity contribution in [1.29, 1.82) is 0 Å². The number of nitrogens with zero attached hydrogens (tertiary/aromatic N) is 3. The summed E-state index contributed by atoms with van der Waals surface area (Å²) in [5, 5.41) is 18.5. The summed E-state index contributed by atoms with van der Waals surface area (Å²) >= 11 is 0. The number of carbonyl (C=O) groups is 1. The Hall–Kier alpha value is -2.73. The monoisotopic (exact) mass is 341 g/mol. The van der Waals surface area contributed by atoms with Crippen LogP contribution in [0.1, 0.15) is 31.9 Å². The minimum Gasteiger partial charge on any atom is -0.465 e. The molecule has 6 heteroatoms. The number of rotatable bonds is 5. The van der Waals surface area contributed by atoms with Crippen LogP contribution in [0.2, 0.25) is 0 Å². The molecule has 2 N–H and O–H groups in total. The Morgan fingerprint density at radius 1 is 1.24 bits per heavy atom. The second kappa shape index (κ2) is 7.90. The summed E-state index contributed by atoms with van der Waals surface area (Å²) in [5.74, 6) is 0.578. The van der Waals surface area contributed by atoms with E-state index in [0.717, 1.165) is 16.7 Å². The Morgan fingerprint density at radius 3 is 2.48 bits per heavy atom. The molecular weight excluding hydrogens is 318 g/mol. The molecule has 0 saturated heterocycles. The van der Waals surface area contributed by atoms with E-state index in [1.54, 1.807) is 24.5 Å². The number of aliphatic hydroxyl groups excluding tert-OH is 1. The van der Waals surface area contributed by atoms with Crippen LogP contribution in [0.3, 0.4) is 0 Å². The second-order valence-corrected chi connectivity index (χ2v) is 6.66. The molecule has 6 nitrogen and oxygen atoms in total. The molecule has 0 unspecified atom stereocenters. The van der Waals surface area contributed by atoms with Crippen LogP contribution in [0.4, 0.5) is 4.79 Å². The smallest absolute Gasteiger partial charge is 0.408 e. The summed E-state index contributed by atoms with van der Waals surface area (Å²) in [6.07, 6.45) is 6.01. The first-order chi connectivity index (χ1) is 11.8. The molecule has 0 atom stereocenters. The van der Waals surface area contributed by atoms with Gasteiger partial charge in [-0.05, 0) is 32.4 Å². The lowest BCUT2D eigenvalue weighted by molar-refractivity contribution is 0.108. The average molecular weight is 341 g/mol. The van der Waals surface area contributed by atoms with E-state index >= 15 is 0 Å². The number of hydrogen-bond donors (Lipinski definition) is 2. The number of benzene rings is 1. The Kier molecular flexibility index (Phi) is 5.88. The molecule has 0 aliphatic rings. The van der Waals surface area contributed by atoms with Gasteiger partial charge in [-0.1, -0.05) is 30.4 Å². The molecule has 1 aromatic carbocycles. The van der Waals surface area contributed by atoms with E-state index in [2.05, 4.69) is 9.97 Å². The van der Waals surface area contributed by atoms with Crippen LogP contribution in [-0.4, -0.2) is 43.3 Å². The van der Waals surface area contributed by atoms with Crippen molar-refractivity contribution in [2.24, 2.45) is 0 Å². The molecule has 0 radical (unpaired) electrons. The van der Waals surface area contributed by atoms with Gasteiger partial charge >= 0.3 is 6.09 Å². The van der Waals surface area contributed by atoms with Gasteiger partial charge < -0.3 is 10.2 Å². The van der Waals surface area contributed by atoms with Crippen molar-refractivity contribution < 1.29 is 15.0 Å². The van der Waals surface area contributed by atoms with Crippen LogP contribution < -0.4 is 0 Å². The van der Waals surface area contributed by atoms with Gasteiger partial charge in [-0.25, -0.2) is 14.8 Å². The summed E-state index contributed by atoms with van der Waals surface area (Å²) in [6, 6.07) is 7.42. The van der Waals surface area contributed by atoms with Crippen LogP contribution in [0.5, 0.6) is 0 Å². The topological polar surface area (TPSA) is 86.5 Å². The molecule has 25 heavy (non-hydrogen) atoms. The number of amides is 1. The summed E-state index contributed by atoms with van der Waals surface area (Å²) in [4.78, 5) is 21.3. The van der Waals surface area contributed by atoms with Crippen molar-refractivity contribution in [2.45, 2.75) is 32.9 Å². The van der Waals surface area contributed by atoms with Crippen molar-refractivity contribution >= 4 is 12.2 Å². The fourth-order valence-electron chi connectivity index (χ4n) is 2.32. The molecule has 0 bridgehead atoms. The minimum absolute atomic E-state index is 0.0253. The Balaban J connectivity index is 2.08. The maximum atomic E-state index is 11.3. The summed E-state index contributed by atoms with van der Waals surface area (Å²) in [5.41, 5.74) is 1.98. The lowest BCUT2D eigenvalue weighted by atomic mass is 10.1. The van der Waals surface area contributed by atoms with Crippen molar-refractivity contribution in [3.8, 4) is 11.4 Å². The molecule has 1 amide bonds. The van der Waals surface area contributed by atoms with E-state index < -0.39 is 11.6 Å².